The number of nitrogens with zero attached hydrogens (tertiary/aromatic N) is 4. The quantitative estimate of drug-likeness (QED) is 0.297. The number of carbonyl (C=O) groups is 1. The van der Waals surface area contributed by atoms with Crippen molar-refractivity contribution >= 4 is 49.3 Å². The lowest BCUT2D eigenvalue weighted by Gasteiger charge is -2.13. The van der Waals surface area contributed by atoms with Gasteiger partial charge in [-0.3, -0.25) is 14.0 Å². The van der Waals surface area contributed by atoms with Crippen LogP contribution < -0.4 is 21.4 Å². The number of benzene rings is 1. The van der Waals surface area contributed by atoms with Crippen molar-refractivity contribution < 1.29 is 4.79 Å². The molecule has 0 spiro atoms. The van der Waals surface area contributed by atoms with Gasteiger partial charge in [0.2, 0.25) is 11.4 Å². The van der Waals surface area contributed by atoms with Gasteiger partial charge >= 0.3 is 0 Å². The summed E-state index contributed by atoms with van der Waals surface area (Å²) in [5, 5.41) is 9.76. The van der Waals surface area contributed by atoms with Crippen LogP contribution >= 0.6 is 11.3 Å². The molecule has 6 rings (SSSR count). The van der Waals surface area contributed by atoms with E-state index in [-0.39, 0.29) is 22.9 Å². The zero-order chi connectivity index (χ0) is 23.1. The molecule has 172 valence electrons. The van der Waals surface area contributed by atoms with Gasteiger partial charge in [-0.2, -0.15) is 4.98 Å². The van der Waals surface area contributed by atoms with Crippen molar-refractivity contribution in [1.29, 1.82) is 0 Å². The molecule has 1 aromatic carbocycles. The highest BCUT2D eigenvalue weighted by Gasteiger charge is 2.24. The predicted molar refractivity (Wildman–Crippen MR) is 131 cm³/mol. The van der Waals surface area contributed by atoms with Crippen LogP contribution in [0.2, 0.25) is 0 Å². The SMILES string of the molecule is O=C(NCC1CCCN1)c1c(=O)c2cnc(NCc3ncc[nH]3)nc2n2c1sc1ccccc12. The van der Waals surface area contributed by atoms with Crippen LogP contribution in [-0.2, 0) is 6.54 Å². The van der Waals surface area contributed by atoms with Gasteiger partial charge in [-0.15, -0.1) is 11.3 Å². The molecule has 34 heavy (non-hydrogen) atoms. The van der Waals surface area contributed by atoms with Gasteiger partial charge in [0.15, 0.2) is 5.65 Å². The molecular formula is C23H22N8O2S. The normalized spacial score (nSPS) is 15.9. The van der Waals surface area contributed by atoms with Gasteiger partial charge in [-0.05, 0) is 31.5 Å². The van der Waals surface area contributed by atoms with Gasteiger partial charge in [0.25, 0.3) is 5.91 Å². The predicted octanol–water partition coefficient (Wildman–Crippen LogP) is 2.27. The number of pyridine rings is 1. The van der Waals surface area contributed by atoms with E-state index in [0.717, 1.165) is 35.4 Å². The summed E-state index contributed by atoms with van der Waals surface area (Å²) < 4.78 is 2.85. The van der Waals surface area contributed by atoms with E-state index in [4.69, 9.17) is 0 Å². The van der Waals surface area contributed by atoms with Crippen molar-refractivity contribution in [1.82, 2.24) is 35.0 Å². The van der Waals surface area contributed by atoms with Crippen molar-refractivity contribution in [3.05, 3.63) is 64.5 Å². The third kappa shape index (κ3) is 3.58. The maximum atomic E-state index is 13.5. The standard InChI is InChI=1S/C23H22N8O2S/c32-19-14-11-28-23(29-12-17-25-8-9-26-17)30-20(14)31-15-5-1-2-6-16(15)34-22(31)18(19)21(33)27-10-13-4-3-7-24-13/h1-2,5-6,8-9,11,13,24H,3-4,7,10,12H2,(H,25,26)(H,27,33)(H,28,29,30). The van der Waals surface area contributed by atoms with E-state index in [1.165, 1.54) is 17.5 Å². The summed E-state index contributed by atoms with van der Waals surface area (Å²) in [5.41, 5.74) is 1.11. The summed E-state index contributed by atoms with van der Waals surface area (Å²) in [6.07, 6.45) is 7.01. The number of thiazole rings is 1. The molecule has 10 nitrogen and oxygen atoms in total. The van der Waals surface area contributed by atoms with Gasteiger partial charge in [-0.25, -0.2) is 9.97 Å². The van der Waals surface area contributed by atoms with E-state index in [1.807, 2.05) is 28.7 Å². The van der Waals surface area contributed by atoms with E-state index < -0.39 is 0 Å². The van der Waals surface area contributed by atoms with Crippen molar-refractivity contribution in [2.45, 2.75) is 25.4 Å². The summed E-state index contributed by atoms with van der Waals surface area (Å²) in [6.45, 7) is 1.85. The van der Waals surface area contributed by atoms with Crippen LogP contribution in [0.1, 0.15) is 29.0 Å². The Labute approximate surface area is 197 Å². The number of anilines is 1. The molecule has 4 aromatic heterocycles. The molecule has 1 saturated heterocycles. The van der Waals surface area contributed by atoms with Gasteiger partial charge in [0, 0.05) is 31.2 Å². The Morgan fingerprint density at radius 2 is 2.18 bits per heavy atom. The minimum absolute atomic E-state index is 0.131. The fraction of sp³-hybridized carbons (Fsp3) is 0.261. The first kappa shape index (κ1) is 20.8. The third-order valence-electron chi connectivity index (χ3n) is 6.05. The number of hydrogen-bond acceptors (Lipinski definition) is 8. The Balaban J connectivity index is 1.48. The van der Waals surface area contributed by atoms with E-state index >= 15 is 0 Å². The van der Waals surface area contributed by atoms with Crippen molar-refractivity contribution in [2.24, 2.45) is 0 Å². The number of carbonyl (C=O) groups excluding carboxylic acids is 1. The van der Waals surface area contributed by atoms with Crippen LogP contribution in [0.3, 0.4) is 0 Å². The highest BCUT2D eigenvalue weighted by atomic mass is 32.1. The fourth-order valence-electron chi connectivity index (χ4n) is 4.37. The van der Waals surface area contributed by atoms with Crippen LogP contribution in [0.15, 0.2) is 47.7 Å². The van der Waals surface area contributed by atoms with Gasteiger partial charge < -0.3 is 20.9 Å². The monoisotopic (exact) mass is 474 g/mol. The number of hydrogen-bond donors (Lipinski definition) is 4. The molecule has 0 radical (unpaired) electrons. The minimum Gasteiger partial charge on any atom is -0.350 e. The summed E-state index contributed by atoms with van der Waals surface area (Å²) >= 11 is 1.41. The second-order valence-corrected chi connectivity index (χ2v) is 9.27. The second kappa shape index (κ2) is 8.50. The van der Waals surface area contributed by atoms with E-state index in [2.05, 4.69) is 35.9 Å². The van der Waals surface area contributed by atoms with E-state index in [0.29, 0.717) is 34.9 Å². The largest absolute Gasteiger partial charge is 0.350 e. The molecule has 1 atom stereocenters. The lowest BCUT2D eigenvalue weighted by atomic mass is 10.2. The van der Waals surface area contributed by atoms with Crippen molar-refractivity contribution in [2.75, 3.05) is 18.4 Å². The molecule has 5 heterocycles. The Bertz CT molecular complexity index is 1570. The number of H-pyrrole nitrogens is 1. The number of aromatic amines is 1. The van der Waals surface area contributed by atoms with Crippen LogP contribution in [0.5, 0.6) is 0 Å². The molecule has 5 aromatic rings. The number of rotatable bonds is 6. The molecule has 11 heteroatoms. The summed E-state index contributed by atoms with van der Waals surface area (Å²) in [7, 11) is 0. The number of nitrogens with one attached hydrogen (secondary N) is 4. The lowest BCUT2D eigenvalue weighted by molar-refractivity contribution is 0.0951. The minimum atomic E-state index is -0.371. The molecule has 0 aliphatic carbocycles. The van der Waals surface area contributed by atoms with Crippen LogP contribution in [-0.4, -0.2) is 49.4 Å². The molecule has 1 amide bonds. The Hall–Kier alpha value is -3.83. The fourth-order valence-corrected chi connectivity index (χ4v) is 5.56. The summed E-state index contributed by atoms with van der Waals surface area (Å²) in [6, 6.07) is 8.04. The number of para-hydroxylation sites is 1. The highest BCUT2D eigenvalue weighted by Crippen LogP contribution is 2.30. The smallest absolute Gasteiger partial charge is 0.258 e. The maximum Gasteiger partial charge on any atom is 0.258 e. The van der Waals surface area contributed by atoms with Gasteiger partial charge in [0.1, 0.15) is 16.2 Å². The molecule has 1 unspecified atom stereocenters. The van der Waals surface area contributed by atoms with Crippen molar-refractivity contribution in [3.63, 3.8) is 0 Å². The topological polar surface area (TPSA) is 129 Å². The van der Waals surface area contributed by atoms with Gasteiger partial charge in [-0.1, -0.05) is 12.1 Å². The van der Waals surface area contributed by atoms with Crippen LogP contribution in [0, 0.1) is 0 Å². The Kier molecular flexibility index (Phi) is 5.19. The maximum absolute atomic E-state index is 13.5. The van der Waals surface area contributed by atoms with Crippen LogP contribution in [0.25, 0.3) is 26.1 Å². The number of aromatic nitrogens is 5. The number of fused-ring (bicyclic) bond motifs is 5. The first-order valence-electron chi connectivity index (χ1n) is 11.2. The second-order valence-electron chi connectivity index (χ2n) is 8.24. The average Bonchev–Trinajstić information content (AvgIpc) is 3.62. The summed E-state index contributed by atoms with van der Waals surface area (Å²) in [5.74, 6) is 0.748. The number of imidazole rings is 1. The summed E-state index contributed by atoms with van der Waals surface area (Å²) in [4.78, 5) is 43.5. The molecule has 4 N–H and O–H groups in total. The Morgan fingerprint density at radius 3 is 3.00 bits per heavy atom. The molecule has 1 aliphatic rings. The average molecular weight is 475 g/mol. The zero-order valence-corrected chi connectivity index (χ0v) is 19.0. The molecule has 0 bridgehead atoms. The molecule has 1 aliphatic heterocycles. The zero-order valence-electron chi connectivity index (χ0n) is 18.2. The Morgan fingerprint density at radius 1 is 1.26 bits per heavy atom. The lowest BCUT2D eigenvalue weighted by Crippen LogP contribution is -2.39. The van der Waals surface area contributed by atoms with Gasteiger partial charge in [0.05, 0.1) is 22.1 Å². The molecule has 0 saturated carbocycles. The van der Waals surface area contributed by atoms with E-state index in [9.17, 15) is 9.59 Å². The first-order chi connectivity index (χ1) is 16.7. The van der Waals surface area contributed by atoms with Crippen molar-refractivity contribution in [3.8, 4) is 0 Å². The first-order valence-corrected chi connectivity index (χ1v) is 12.0. The molecule has 1 fully saturated rings. The van der Waals surface area contributed by atoms with E-state index in [1.54, 1.807) is 12.4 Å². The number of amides is 1. The highest BCUT2D eigenvalue weighted by molar-refractivity contribution is 7.24. The van der Waals surface area contributed by atoms with Crippen LogP contribution in [0.4, 0.5) is 5.95 Å². The third-order valence-corrected chi connectivity index (χ3v) is 7.19. The molecular weight excluding hydrogens is 452 g/mol.